The fourth-order valence-corrected chi connectivity index (χ4v) is 3.48. The molecule has 7 heteroatoms. The lowest BCUT2D eigenvalue weighted by atomic mass is 10.1. The van der Waals surface area contributed by atoms with E-state index in [1.54, 1.807) is 37.2 Å². The third kappa shape index (κ3) is 4.10. The molecule has 1 aliphatic heterocycles. The number of carbonyl (C=O) groups excluding carboxylic acids is 1. The van der Waals surface area contributed by atoms with Gasteiger partial charge >= 0.3 is 0 Å². The van der Waals surface area contributed by atoms with Crippen molar-refractivity contribution in [3.63, 3.8) is 0 Å². The van der Waals surface area contributed by atoms with E-state index in [2.05, 4.69) is 0 Å². The average molecular weight is 421 g/mol. The van der Waals surface area contributed by atoms with Gasteiger partial charge in [0.1, 0.15) is 12.3 Å². The minimum Gasteiger partial charge on any atom is -0.486 e. The molecule has 1 amide bonds. The van der Waals surface area contributed by atoms with E-state index in [0.717, 1.165) is 5.56 Å². The number of carbonyl (C=O) groups is 1. The summed E-state index contributed by atoms with van der Waals surface area (Å²) in [6.45, 7) is 2.39. The topological polar surface area (TPSA) is 32.8 Å². The molecule has 0 aromatic heterocycles. The molecule has 0 radical (unpaired) electrons. The summed E-state index contributed by atoms with van der Waals surface area (Å²) in [6.07, 6.45) is 1.71. The van der Waals surface area contributed by atoms with Crippen molar-refractivity contribution in [3.8, 4) is 5.75 Å². The molecular weight excluding hydrogens is 403 g/mol. The first-order valence-corrected chi connectivity index (χ1v) is 9.39. The number of halogens is 2. The maximum Gasteiger partial charge on any atom is 0.276 e. The standard InChI is InChI=1S/C20H18Cl2N2O2S/c1-12-4-6-13(7-5-12)11-26-18-15(21)8-14(9-16(18)22)10-17-19(25)24(3)20(27)23(17)2/h4-10H,11H2,1-3H3/b17-10-. The second-order valence-electron chi connectivity index (χ2n) is 6.32. The highest BCUT2D eigenvalue weighted by Gasteiger charge is 2.32. The SMILES string of the molecule is Cc1ccc(COc2c(Cl)cc(/C=C3/C(=O)N(C)C(=S)N3C)cc2Cl)cc1. The van der Waals surface area contributed by atoms with Gasteiger partial charge in [0.15, 0.2) is 10.9 Å². The number of amides is 1. The van der Waals surface area contributed by atoms with E-state index < -0.39 is 0 Å². The minimum absolute atomic E-state index is 0.172. The second-order valence-corrected chi connectivity index (χ2v) is 7.50. The highest BCUT2D eigenvalue weighted by Crippen LogP contribution is 2.36. The zero-order chi connectivity index (χ0) is 19.7. The van der Waals surface area contributed by atoms with Gasteiger partial charge in [0.25, 0.3) is 5.91 Å². The first-order chi connectivity index (χ1) is 12.8. The van der Waals surface area contributed by atoms with Gasteiger partial charge in [-0.05, 0) is 48.5 Å². The zero-order valence-corrected chi connectivity index (χ0v) is 17.5. The minimum atomic E-state index is -0.172. The average Bonchev–Trinajstić information content (AvgIpc) is 2.80. The Morgan fingerprint density at radius 3 is 2.19 bits per heavy atom. The summed E-state index contributed by atoms with van der Waals surface area (Å²) in [5.74, 6) is 0.245. The van der Waals surface area contributed by atoms with Crippen LogP contribution in [0.15, 0.2) is 42.1 Å². The predicted molar refractivity (Wildman–Crippen MR) is 113 cm³/mol. The summed E-state index contributed by atoms with van der Waals surface area (Å²) >= 11 is 18.0. The van der Waals surface area contributed by atoms with Crippen LogP contribution in [0.1, 0.15) is 16.7 Å². The van der Waals surface area contributed by atoms with Gasteiger partial charge in [-0.2, -0.15) is 0 Å². The molecule has 140 valence electrons. The smallest absolute Gasteiger partial charge is 0.276 e. The highest BCUT2D eigenvalue weighted by atomic mass is 35.5. The summed E-state index contributed by atoms with van der Waals surface area (Å²) in [5, 5.41) is 1.21. The van der Waals surface area contributed by atoms with Crippen molar-refractivity contribution < 1.29 is 9.53 Å². The summed E-state index contributed by atoms with van der Waals surface area (Å²) < 4.78 is 5.80. The molecule has 0 spiro atoms. The maximum absolute atomic E-state index is 12.3. The molecule has 1 saturated heterocycles. The third-order valence-corrected chi connectivity index (χ3v) is 5.40. The lowest BCUT2D eigenvalue weighted by molar-refractivity contribution is -0.121. The second kappa shape index (κ2) is 7.89. The number of hydrogen-bond acceptors (Lipinski definition) is 3. The Morgan fingerprint density at radius 1 is 1.07 bits per heavy atom. The van der Waals surface area contributed by atoms with E-state index in [4.69, 9.17) is 40.2 Å². The van der Waals surface area contributed by atoms with Crippen LogP contribution in [-0.4, -0.2) is 34.9 Å². The fraction of sp³-hybridized carbons (Fsp3) is 0.200. The van der Waals surface area contributed by atoms with Crippen LogP contribution in [0, 0.1) is 6.92 Å². The molecule has 0 atom stereocenters. The van der Waals surface area contributed by atoms with Crippen LogP contribution in [0.5, 0.6) is 5.75 Å². The Hall–Kier alpha value is -2.08. The van der Waals surface area contributed by atoms with E-state index in [1.165, 1.54) is 10.5 Å². The van der Waals surface area contributed by atoms with Crippen LogP contribution in [0.4, 0.5) is 0 Å². The molecule has 27 heavy (non-hydrogen) atoms. The van der Waals surface area contributed by atoms with Crippen LogP contribution in [-0.2, 0) is 11.4 Å². The molecule has 3 rings (SSSR count). The van der Waals surface area contributed by atoms with Gasteiger partial charge in [0, 0.05) is 14.1 Å². The molecule has 0 aliphatic carbocycles. The molecule has 1 aliphatic rings. The van der Waals surface area contributed by atoms with Crippen molar-refractivity contribution in [2.45, 2.75) is 13.5 Å². The van der Waals surface area contributed by atoms with Crippen molar-refractivity contribution in [3.05, 3.63) is 68.8 Å². The zero-order valence-electron chi connectivity index (χ0n) is 15.1. The van der Waals surface area contributed by atoms with Gasteiger partial charge in [-0.15, -0.1) is 0 Å². The number of aryl methyl sites for hydroxylation is 1. The fourth-order valence-electron chi connectivity index (χ4n) is 2.69. The molecule has 2 aromatic carbocycles. The van der Waals surface area contributed by atoms with Gasteiger partial charge in [0.2, 0.25) is 0 Å². The number of hydrogen-bond donors (Lipinski definition) is 0. The molecule has 2 aromatic rings. The number of nitrogens with zero attached hydrogens (tertiary/aromatic N) is 2. The number of likely N-dealkylation sites (N-methyl/N-ethyl adjacent to an activating group) is 2. The monoisotopic (exact) mass is 420 g/mol. The first kappa shape index (κ1) is 19.7. The lowest BCUT2D eigenvalue weighted by Gasteiger charge is -2.13. The van der Waals surface area contributed by atoms with Crippen molar-refractivity contribution in [1.82, 2.24) is 9.80 Å². The van der Waals surface area contributed by atoms with Gasteiger partial charge in [0.05, 0.1) is 10.0 Å². The lowest BCUT2D eigenvalue weighted by Crippen LogP contribution is -2.26. The first-order valence-electron chi connectivity index (χ1n) is 8.22. The van der Waals surface area contributed by atoms with Crippen molar-refractivity contribution in [2.24, 2.45) is 0 Å². The maximum atomic E-state index is 12.3. The summed E-state index contributed by atoms with van der Waals surface area (Å²) in [4.78, 5) is 15.4. The van der Waals surface area contributed by atoms with E-state index in [-0.39, 0.29) is 5.91 Å². The van der Waals surface area contributed by atoms with Gasteiger partial charge < -0.3 is 9.64 Å². The van der Waals surface area contributed by atoms with Crippen LogP contribution in [0.25, 0.3) is 6.08 Å². The molecule has 4 nitrogen and oxygen atoms in total. The molecule has 0 bridgehead atoms. The molecular formula is C20H18Cl2N2O2S. The number of ether oxygens (including phenoxy) is 1. The van der Waals surface area contributed by atoms with Gasteiger partial charge in [-0.3, -0.25) is 9.69 Å². The Labute approximate surface area is 173 Å². The van der Waals surface area contributed by atoms with E-state index in [1.807, 2.05) is 31.2 Å². The number of benzene rings is 2. The van der Waals surface area contributed by atoms with E-state index >= 15 is 0 Å². The van der Waals surface area contributed by atoms with Gasteiger partial charge in [-0.1, -0.05) is 53.0 Å². The normalized spacial score (nSPS) is 15.8. The largest absolute Gasteiger partial charge is 0.486 e. The molecule has 0 N–H and O–H groups in total. The molecule has 1 fully saturated rings. The van der Waals surface area contributed by atoms with Crippen LogP contribution in [0.2, 0.25) is 10.0 Å². The number of rotatable bonds is 4. The van der Waals surface area contributed by atoms with Crippen molar-refractivity contribution in [2.75, 3.05) is 14.1 Å². The van der Waals surface area contributed by atoms with E-state index in [9.17, 15) is 4.79 Å². The van der Waals surface area contributed by atoms with E-state index in [0.29, 0.717) is 38.8 Å². The highest BCUT2D eigenvalue weighted by molar-refractivity contribution is 7.80. The Morgan fingerprint density at radius 2 is 1.67 bits per heavy atom. The Bertz CT molecular complexity index is 918. The van der Waals surface area contributed by atoms with Crippen LogP contribution < -0.4 is 4.74 Å². The van der Waals surface area contributed by atoms with Crippen molar-refractivity contribution in [1.29, 1.82) is 0 Å². The van der Waals surface area contributed by atoms with Crippen molar-refractivity contribution >= 4 is 52.5 Å². The van der Waals surface area contributed by atoms with Crippen LogP contribution >= 0.6 is 35.4 Å². The molecule has 1 heterocycles. The summed E-state index contributed by atoms with van der Waals surface area (Å²) in [6, 6.07) is 11.5. The third-order valence-electron chi connectivity index (χ3n) is 4.29. The van der Waals surface area contributed by atoms with Crippen LogP contribution in [0.3, 0.4) is 0 Å². The number of thiocarbonyl (C=S) groups is 1. The summed E-state index contributed by atoms with van der Waals surface area (Å²) in [7, 11) is 3.39. The predicted octanol–water partition coefficient (Wildman–Crippen LogP) is 4.91. The van der Waals surface area contributed by atoms with Gasteiger partial charge in [-0.25, -0.2) is 0 Å². The Kier molecular flexibility index (Phi) is 5.75. The summed E-state index contributed by atoms with van der Waals surface area (Å²) in [5.41, 5.74) is 3.36. The Balaban J connectivity index is 1.83. The molecule has 0 saturated carbocycles. The molecule has 0 unspecified atom stereocenters. The quantitative estimate of drug-likeness (QED) is 0.519.